The van der Waals surface area contributed by atoms with Crippen molar-refractivity contribution in [1.29, 1.82) is 0 Å². The second kappa shape index (κ2) is 5.80. The number of hydrogen-bond donors (Lipinski definition) is 2. The minimum absolute atomic E-state index is 0.261. The smallest absolute Gasteiger partial charge is 0.143 e. The average Bonchev–Trinajstić information content (AvgIpc) is 3.08. The zero-order valence-corrected chi connectivity index (χ0v) is 13.7. The Hall–Kier alpha value is -3.04. The summed E-state index contributed by atoms with van der Waals surface area (Å²) in [6, 6.07) is 23.5. The molecule has 0 saturated heterocycles. The predicted octanol–water partition coefficient (Wildman–Crippen LogP) is 4.96. The van der Waals surface area contributed by atoms with Gasteiger partial charge in [0.05, 0.1) is 12.7 Å². The van der Waals surface area contributed by atoms with Gasteiger partial charge in [0.25, 0.3) is 0 Å². The molecular formula is C22H18N2O. The van der Waals surface area contributed by atoms with Crippen LogP contribution in [0.2, 0.25) is 0 Å². The molecule has 5 rings (SSSR count). The Morgan fingerprint density at radius 2 is 1.68 bits per heavy atom. The number of nitrogens with one attached hydrogen (secondary N) is 2. The number of benzene rings is 3. The Morgan fingerprint density at radius 1 is 0.840 bits per heavy atom. The number of para-hydroxylation sites is 2. The van der Waals surface area contributed by atoms with Crippen LogP contribution in [-0.2, 0) is 0 Å². The van der Waals surface area contributed by atoms with Crippen molar-refractivity contribution in [3.63, 3.8) is 0 Å². The summed E-state index contributed by atoms with van der Waals surface area (Å²) < 4.78 is 6.15. The van der Waals surface area contributed by atoms with Gasteiger partial charge >= 0.3 is 0 Å². The van der Waals surface area contributed by atoms with Gasteiger partial charge in [0.2, 0.25) is 0 Å². The van der Waals surface area contributed by atoms with Crippen molar-refractivity contribution in [3.8, 4) is 11.1 Å². The highest BCUT2D eigenvalue weighted by Gasteiger charge is 2.13. The van der Waals surface area contributed by atoms with E-state index in [0.29, 0.717) is 0 Å². The number of rotatable bonds is 2. The van der Waals surface area contributed by atoms with Crippen molar-refractivity contribution < 1.29 is 4.42 Å². The molecule has 0 fully saturated rings. The lowest BCUT2D eigenvalue weighted by molar-refractivity contribution is 0.564. The molecule has 25 heavy (non-hydrogen) atoms. The zero-order valence-electron chi connectivity index (χ0n) is 13.7. The van der Waals surface area contributed by atoms with Crippen LogP contribution in [0.1, 0.15) is 11.6 Å². The van der Waals surface area contributed by atoms with Crippen LogP contribution in [0.5, 0.6) is 0 Å². The first-order chi connectivity index (χ1) is 12.4. The molecule has 1 aromatic heterocycles. The highest BCUT2D eigenvalue weighted by Crippen LogP contribution is 2.35. The first kappa shape index (κ1) is 14.3. The Kier molecular flexibility index (Phi) is 3.32. The standard InChI is InChI=1S/C22H18N2O/c1-2-7-21-18(4-1)19-6-3-5-17(22(19)25-21)15-8-10-16(11-9-15)20-12-13-23-14-24-20/h1-13,20,23-24H,14H2. The van der Waals surface area contributed by atoms with Gasteiger partial charge in [-0.1, -0.05) is 60.7 Å². The lowest BCUT2D eigenvalue weighted by atomic mass is 9.99. The Balaban J connectivity index is 1.61. The van der Waals surface area contributed by atoms with E-state index in [9.17, 15) is 0 Å². The molecule has 1 aliphatic heterocycles. The molecule has 1 unspecified atom stereocenters. The maximum absolute atomic E-state index is 6.15. The minimum atomic E-state index is 0.261. The molecule has 0 bridgehead atoms. The summed E-state index contributed by atoms with van der Waals surface area (Å²) in [7, 11) is 0. The topological polar surface area (TPSA) is 37.2 Å². The SMILES string of the molecule is C1=CC(c2ccc(-c3cccc4c3oc3ccccc34)cc2)NCN1. The van der Waals surface area contributed by atoms with Crippen molar-refractivity contribution >= 4 is 21.9 Å². The van der Waals surface area contributed by atoms with Gasteiger partial charge in [-0.05, 0) is 29.5 Å². The van der Waals surface area contributed by atoms with Gasteiger partial charge in [0.15, 0.2) is 0 Å². The molecule has 2 heterocycles. The van der Waals surface area contributed by atoms with E-state index in [-0.39, 0.29) is 6.04 Å². The van der Waals surface area contributed by atoms with Gasteiger partial charge in [-0.3, -0.25) is 5.32 Å². The molecule has 2 N–H and O–H groups in total. The number of fused-ring (bicyclic) bond motifs is 3. The summed E-state index contributed by atoms with van der Waals surface area (Å²) in [6.07, 6.45) is 4.14. The monoisotopic (exact) mass is 326 g/mol. The molecule has 0 spiro atoms. The van der Waals surface area contributed by atoms with Crippen molar-refractivity contribution in [2.75, 3.05) is 6.67 Å². The first-order valence-corrected chi connectivity index (χ1v) is 8.54. The maximum atomic E-state index is 6.15. The van der Waals surface area contributed by atoms with Crippen molar-refractivity contribution in [3.05, 3.63) is 84.6 Å². The van der Waals surface area contributed by atoms with Crippen LogP contribution in [0.4, 0.5) is 0 Å². The van der Waals surface area contributed by atoms with Gasteiger partial charge in [0.1, 0.15) is 11.2 Å². The van der Waals surface area contributed by atoms with Crippen LogP contribution < -0.4 is 10.6 Å². The summed E-state index contributed by atoms with van der Waals surface area (Å²) >= 11 is 0. The van der Waals surface area contributed by atoms with Gasteiger partial charge in [-0.15, -0.1) is 0 Å². The van der Waals surface area contributed by atoms with Crippen LogP contribution in [0.15, 0.2) is 83.4 Å². The third-order valence-electron chi connectivity index (χ3n) is 4.82. The molecule has 0 amide bonds. The molecule has 3 aromatic carbocycles. The molecule has 0 radical (unpaired) electrons. The van der Waals surface area contributed by atoms with Crippen molar-refractivity contribution in [1.82, 2.24) is 10.6 Å². The fourth-order valence-corrected chi connectivity index (χ4v) is 3.53. The van der Waals surface area contributed by atoms with Crippen LogP contribution in [0.25, 0.3) is 33.1 Å². The van der Waals surface area contributed by atoms with E-state index < -0.39 is 0 Å². The summed E-state index contributed by atoms with van der Waals surface area (Å²) in [6.45, 7) is 0.793. The highest BCUT2D eigenvalue weighted by atomic mass is 16.3. The summed E-state index contributed by atoms with van der Waals surface area (Å²) in [5.74, 6) is 0. The molecule has 1 aliphatic rings. The van der Waals surface area contributed by atoms with Gasteiger partial charge in [0, 0.05) is 16.3 Å². The lowest BCUT2D eigenvalue weighted by Gasteiger charge is -2.20. The molecule has 0 saturated carbocycles. The quantitative estimate of drug-likeness (QED) is 0.547. The van der Waals surface area contributed by atoms with E-state index in [4.69, 9.17) is 4.42 Å². The highest BCUT2D eigenvalue weighted by molar-refractivity contribution is 6.09. The van der Waals surface area contributed by atoms with E-state index in [2.05, 4.69) is 71.3 Å². The van der Waals surface area contributed by atoms with E-state index in [1.807, 2.05) is 18.3 Å². The van der Waals surface area contributed by atoms with Gasteiger partial charge in [-0.2, -0.15) is 0 Å². The van der Waals surface area contributed by atoms with Gasteiger partial charge < -0.3 is 9.73 Å². The Labute approximate surface area is 146 Å². The third-order valence-corrected chi connectivity index (χ3v) is 4.82. The summed E-state index contributed by atoms with van der Waals surface area (Å²) in [5, 5.41) is 8.91. The molecule has 1 atom stereocenters. The molecule has 122 valence electrons. The fourth-order valence-electron chi connectivity index (χ4n) is 3.53. The zero-order chi connectivity index (χ0) is 16.6. The first-order valence-electron chi connectivity index (χ1n) is 8.54. The van der Waals surface area contributed by atoms with E-state index in [1.165, 1.54) is 21.9 Å². The lowest BCUT2D eigenvalue weighted by Crippen LogP contribution is -2.32. The number of hydrogen-bond acceptors (Lipinski definition) is 3. The fraction of sp³-hybridized carbons (Fsp3) is 0.0909. The van der Waals surface area contributed by atoms with E-state index >= 15 is 0 Å². The Morgan fingerprint density at radius 3 is 2.52 bits per heavy atom. The van der Waals surface area contributed by atoms with Crippen LogP contribution in [-0.4, -0.2) is 6.67 Å². The maximum Gasteiger partial charge on any atom is 0.143 e. The molecular weight excluding hydrogens is 308 g/mol. The van der Waals surface area contributed by atoms with Crippen LogP contribution in [0.3, 0.4) is 0 Å². The third kappa shape index (κ3) is 2.41. The Bertz CT molecular complexity index is 1080. The second-order valence-corrected chi connectivity index (χ2v) is 6.32. The van der Waals surface area contributed by atoms with E-state index in [1.54, 1.807) is 0 Å². The molecule has 4 aromatic rings. The average molecular weight is 326 g/mol. The van der Waals surface area contributed by atoms with Crippen molar-refractivity contribution in [2.45, 2.75) is 6.04 Å². The summed E-state index contributed by atoms with van der Waals surface area (Å²) in [4.78, 5) is 0. The van der Waals surface area contributed by atoms with Crippen molar-refractivity contribution in [2.24, 2.45) is 0 Å². The normalized spacial score (nSPS) is 17.0. The van der Waals surface area contributed by atoms with Crippen LogP contribution in [0, 0.1) is 0 Å². The molecule has 3 nitrogen and oxygen atoms in total. The largest absolute Gasteiger partial charge is 0.455 e. The van der Waals surface area contributed by atoms with Gasteiger partial charge in [-0.25, -0.2) is 0 Å². The predicted molar refractivity (Wildman–Crippen MR) is 102 cm³/mol. The molecule has 0 aliphatic carbocycles. The molecule has 3 heteroatoms. The summed E-state index contributed by atoms with van der Waals surface area (Å²) in [5.41, 5.74) is 5.46. The van der Waals surface area contributed by atoms with E-state index in [0.717, 1.165) is 23.4 Å². The minimum Gasteiger partial charge on any atom is -0.455 e. The van der Waals surface area contributed by atoms with Crippen LogP contribution >= 0.6 is 0 Å². The number of furan rings is 1. The second-order valence-electron chi connectivity index (χ2n) is 6.32.